The van der Waals surface area contributed by atoms with Crippen LogP contribution in [0.4, 0.5) is 16.0 Å². The summed E-state index contributed by atoms with van der Waals surface area (Å²) >= 11 is 6.15. The Morgan fingerprint density at radius 3 is 2.22 bits per heavy atom. The van der Waals surface area contributed by atoms with Crippen LogP contribution in [0.15, 0.2) is 42.7 Å². The lowest BCUT2D eigenvalue weighted by atomic mass is 9.92. The summed E-state index contributed by atoms with van der Waals surface area (Å²) in [5, 5.41) is 14.8. The number of piperazine rings is 1. The number of nitriles is 1. The first-order chi connectivity index (χ1) is 28.5. The highest BCUT2D eigenvalue weighted by atomic mass is 35.5. The molecule has 2 unspecified atom stereocenters. The highest BCUT2D eigenvalue weighted by molar-refractivity contribution is 6.31. The molecule has 306 valence electrons. The molecule has 59 heavy (non-hydrogen) atoms. The van der Waals surface area contributed by atoms with Crippen molar-refractivity contribution in [2.45, 2.75) is 75.6 Å². The van der Waals surface area contributed by atoms with Gasteiger partial charge in [-0.1, -0.05) is 11.6 Å². The predicted molar refractivity (Wildman–Crippen MR) is 211 cm³/mol. The lowest BCUT2D eigenvalue weighted by Crippen LogP contribution is -2.54. The number of imide groups is 2. The number of benzene rings is 2. The average Bonchev–Trinajstić information content (AvgIpc) is 3.89. The number of carbonyl (C=O) groups excluding carboxylic acids is 5. The second kappa shape index (κ2) is 15.8. The molecule has 2 aliphatic carbocycles. The van der Waals surface area contributed by atoms with Gasteiger partial charge in [0.05, 0.1) is 39.1 Å². The molecule has 2 saturated carbocycles. The van der Waals surface area contributed by atoms with Gasteiger partial charge in [-0.2, -0.15) is 5.26 Å². The van der Waals surface area contributed by atoms with Crippen molar-refractivity contribution in [1.29, 1.82) is 5.26 Å². The van der Waals surface area contributed by atoms with E-state index < -0.39 is 35.5 Å². The molecule has 9 rings (SSSR count). The molecule has 0 radical (unpaired) electrons. The summed E-state index contributed by atoms with van der Waals surface area (Å²) in [5.74, 6) is -1.08. The summed E-state index contributed by atoms with van der Waals surface area (Å²) < 4.78 is 21.6. The first-order valence-electron chi connectivity index (χ1n) is 20.3. The largest absolute Gasteiger partial charge is 0.490 e. The van der Waals surface area contributed by atoms with Crippen LogP contribution in [0.5, 0.6) is 5.75 Å². The number of carbonyl (C=O) groups is 5. The Morgan fingerprint density at radius 1 is 0.898 bits per heavy atom. The van der Waals surface area contributed by atoms with Gasteiger partial charge >= 0.3 is 0 Å². The van der Waals surface area contributed by atoms with Crippen molar-refractivity contribution in [2.24, 2.45) is 11.8 Å². The van der Waals surface area contributed by atoms with Crippen molar-refractivity contribution in [3.63, 3.8) is 0 Å². The lowest BCUT2D eigenvalue weighted by molar-refractivity contribution is -0.136. The molecule has 4 atom stereocenters. The van der Waals surface area contributed by atoms with E-state index in [4.69, 9.17) is 21.6 Å². The molecule has 17 heteroatoms. The third kappa shape index (κ3) is 7.57. The van der Waals surface area contributed by atoms with Gasteiger partial charge in [-0.25, -0.2) is 14.4 Å². The highest BCUT2D eigenvalue weighted by Gasteiger charge is 2.46. The number of nitrogens with zero attached hydrogens (tertiary/aromatic N) is 7. The zero-order valence-electron chi connectivity index (χ0n) is 32.2. The minimum Gasteiger partial charge on any atom is -0.490 e. The van der Waals surface area contributed by atoms with Gasteiger partial charge in [-0.3, -0.25) is 39.1 Å². The number of amides is 5. The number of hydrogen-bond donors (Lipinski definition) is 2. The van der Waals surface area contributed by atoms with Crippen molar-refractivity contribution < 1.29 is 33.1 Å². The van der Waals surface area contributed by atoms with Gasteiger partial charge in [0.2, 0.25) is 17.8 Å². The fourth-order valence-electron chi connectivity index (χ4n) is 9.83. The molecule has 5 fully saturated rings. The van der Waals surface area contributed by atoms with Crippen LogP contribution >= 0.6 is 11.6 Å². The van der Waals surface area contributed by atoms with Gasteiger partial charge in [0.15, 0.2) is 0 Å². The standard InChI is InChI=1S/C42H43ClFN9O6/c43-33-15-30(4-1-23(33)18-45)59-29-5-2-27(3-6-29)48-38(55)26-19-46-42(47-20-26)52-21-24-13-28(14-25(24)22-52)50-9-11-51(12-10-50)36-17-32-31(16-34(36)44)40(57)53(41(32)58)35-7-8-37(54)49-39(35)56/h1,4,15-17,19-20,24-25,27-29,35H,2-3,5-14,21-22H2,(H,48,55)(H,49,54,56)/t24-,25+,27?,28?,29?,35?. The Labute approximate surface area is 344 Å². The normalized spacial score (nSPS) is 27.0. The fraction of sp³-hybridized carbons (Fsp3) is 0.476. The maximum atomic E-state index is 15.5. The molecule has 0 spiro atoms. The van der Waals surface area contributed by atoms with E-state index in [1.54, 1.807) is 30.6 Å². The van der Waals surface area contributed by atoms with Crippen molar-refractivity contribution in [3.8, 4) is 11.8 Å². The van der Waals surface area contributed by atoms with Crippen LogP contribution in [0.3, 0.4) is 0 Å². The Kier molecular flexibility index (Phi) is 10.4. The third-order valence-electron chi connectivity index (χ3n) is 13.0. The molecule has 1 aromatic heterocycles. The van der Waals surface area contributed by atoms with Crippen molar-refractivity contribution in [3.05, 3.63) is 75.8 Å². The summed E-state index contributed by atoms with van der Waals surface area (Å²) in [5.41, 5.74) is 1.10. The van der Waals surface area contributed by atoms with Crippen LogP contribution in [0.2, 0.25) is 5.02 Å². The molecule has 3 saturated heterocycles. The molecule has 0 bridgehead atoms. The van der Waals surface area contributed by atoms with Gasteiger partial charge < -0.3 is 19.9 Å². The molecule has 5 heterocycles. The zero-order chi connectivity index (χ0) is 40.9. The first-order valence-corrected chi connectivity index (χ1v) is 20.7. The third-order valence-corrected chi connectivity index (χ3v) is 13.3. The van der Waals surface area contributed by atoms with Crippen LogP contribution < -0.4 is 25.2 Å². The number of rotatable bonds is 8. The average molecular weight is 824 g/mol. The van der Waals surface area contributed by atoms with E-state index >= 15 is 4.39 Å². The highest BCUT2D eigenvalue weighted by Crippen LogP contribution is 2.42. The number of nitrogens with one attached hydrogen (secondary N) is 2. The zero-order valence-corrected chi connectivity index (χ0v) is 33.0. The van der Waals surface area contributed by atoms with E-state index in [0.29, 0.717) is 58.8 Å². The molecule has 2 aromatic carbocycles. The Balaban J connectivity index is 0.728. The number of piperidine rings is 1. The monoisotopic (exact) mass is 823 g/mol. The second-order valence-electron chi connectivity index (χ2n) is 16.5. The Hall–Kier alpha value is -5.66. The SMILES string of the molecule is N#Cc1ccc(OC2CCC(NC(=O)c3cnc(N4C[C@H]5CC(N6CCN(c7cc8c(cc7F)C(=O)N(C7CCC(=O)NC7=O)C8=O)CC6)C[C@H]5C4)nc3)CC2)cc1Cl. The first kappa shape index (κ1) is 38.8. The molecular formula is C42H43ClFN9O6. The molecule has 4 aliphatic heterocycles. The number of ether oxygens (including phenoxy) is 1. The van der Waals surface area contributed by atoms with E-state index in [1.807, 2.05) is 11.0 Å². The van der Waals surface area contributed by atoms with E-state index in [1.165, 1.54) is 6.07 Å². The Morgan fingerprint density at radius 2 is 1.58 bits per heavy atom. The van der Waals surface area contributed by atoms with Gasteiger partial charge in [0.25, 0.3) is 17.7 Å². The number of halogens is 2. The maximum absolute atomic E-state index is 15.5. The molecule has 3 aromatic rings. The van der Waals surface area contributed by atoms with Crippen LogP contribution in [0, 0.1) is 29.0 Å². The molecule has 6 aliphatic rings. The van der Waals surface area contributed by atoms with Gasteiger partial charge in [-0.15, -0.1) is 0 Å². The predicted octanol–water partition coefficient (Wildman–Crippen LogP) is 3.70. The van der Waals surface area contributed by atoms with Crippen molar-refractivity contribution in [1.82, 2.24) is 30.4 Å². The molecule has 2 N–H and O–H groups in total. The van der Waals surface area contributed by atoms with Gasteiger partial charge in [0, 0.05) is 76.2 Å². The topological polar surface area (TPSA) is 181 Å². The van der Waals surface area contributed by atoms with E-state index in [9.17, 15) is 24.0 Å². The number of hydrogen-bond acceptors (Lipinski definition) is 12. The van der Waals surface area contributed by atoms with E-state index in [-0.39, 0.29) is 47.7 Å². The quantitative estimate of drug-likeness (QED) is 0.315. The lowest BCUT2D eigenvalue weighted by Gasteiger charge is -2.39. The smallest absolute Gasteiger partial charge is 0.262 e. The molecular weight excluding hydrogens is 781 g/mol. The van der Waals surface area contributed by atoms with Crippen LogP contribution in [0.25, 0.3) is 0 Å². The van der Waals surface area contributed by atoms with Crippen LogP contribution in [0.1, 0.15) is 88.0 Å². The minimum atomic E-state index is -1.10. The van der Waals surface area contributed by atoms with Crippen LogP contribution in [-0.2, 0) is 9.59 Å². The maximum Gasteiger partial charge on any atom is 0.262 e. The van der Waals surface area contributed by atoms with Crippen LogP contribution in [-0.4, -0.2) is 113 Å². The Bertz CT molecular complexity index is 2240. The minimum absolute atomic E-state index is 0.00958. The van der Waals surface area contributed by atoms with Gasteiger partial charge in [0.1, 0.15) is 23.7 Å². The summed E-state index contributed by atoms with van der Waals surface area (Å²) in [6.45, 7) is 4.27. The summed E-state index contributed by atoms with van der Waals surface area (Å²) in [6, 6.07) is 8.98. The van der Waals surface area contributed by atoms with E-state index in [2.05, 4.69) is 30.4 Å². The second-order valence-corrected chi connectivity index (χ2v) is 16.9. The van der Waals surface area contributed by atoms with Gasteiger partial charge in [-0.05, 0) is 81.0 Å². The number of fused-ring (bicyclic) bond motifs is 2. The van der Waals surface area contributed by atoms with Crippen molar-refractivity contribution in [2.75, 3.05) is 49.1 Å². The number of anilines is 2. The summed E-state index contributed by atoms with van der Waals surface area (Å²) in [6.07, 6.45) is 8.46. The number of aromatic nitrogens is 2. The van der Waals surface area contributed by atoms with E-state index in [0.717, 1.165) is 75.7 Å². The molecule has 15 nitrogen and oxygen atoms in total. The molecule has 5 amide bonds. The fourth-order valence-corrected chi connectivity index (χ4v) is 10.0. The van der Waals surface area contributed by atoms with Crippen molar-refractivity contribution >= 4 is 52.8 Å². The summed E-state index contributed by atoms with van der Waals surface area (Å²) in [7, 11) is 0. The summed E-state index contributed by atoms with van der Waals surface area (Å²) in [4.78, 5) is 80.2.